The van der Waals surface area contributed by atoms with E-state index in [4.69, 9.17) is 0 Å². The van der Waals surface area contributed by atoms with Crippen molar-refractivity contribution in [2.45, 2.75) is 6.42 Å². The Hall–Kier alpha value is -3.96. The number of nitro groups is 3. The lowest BCUT2D eigenvalue weighted by Gasteiger charge is -2.07. The summed E-state index contributed by atoms with van der Waals surface area (Å²) in [6.07, 6.45) is -0.587. The molecule has 0 saturated heterocycles. The van der Waals surface area contributed by atoms with E-state index in [0.717, 1.165) is 30.3 Å². The summed E-state index contributed by atoms with van der Waals surface area (Å²) >= 11 is 0. The quantitative estimate of drug-likeness (QED) is 0.609. The topological polar surface area (TPSA) is 159 Å². The standard InChI is InChI=1S/C14H9FN4O7/c15-11-4-3-9(17(21)22)6-12(11)16-14(20)5-8-1-2-10(18(23)24)7-13(8)19(25)26/h1-4,6-7H,5H2,(H,16,20). The van der Waals surface area contributed by atoms with Crippen molar-refractivity contribution < 1.29 is 24.0 Å². The SMILES string of the molecule is O=C(Cc1ccc([N+](=O)[O-])cc1[N+](=O)[O-])Nc1cc([N+](=O)[O-])ccc1F. The van der Waals surface area contributed by atoms with Gasteiger partial charge in [-0.05, 0) is 12.1 Å². The molecule has 0 aliphatic carbocycles. The van der Waals surface area contributed by atoms with Crippen molar-refractivity contribution in [3.8, 4) is 0 Å². The molecule has 0 aliphatic heterocycles. The van der Waals surface area contributed by atoms with Gasteiger partial charge in [0.25, 0.3) is 17.1 Å². The van der Waals surface area contributed by atoms with Gasteiger partial charge in [-0.2, -0.15) is 0 Å². The van der Waals surface area contributed by atoms with Crippen molar-refractivity contribution in [3.05, 3.63) is 78.1 Å². The zero-order valence-electron chi connectivity index (χ0n) is 12.7. The van der Waals surface area contributed by atoms with E-state index < -0.39 is 55.7 Å². The number of non-ortho nitro benzene ring substituents is 2. The minimum atomic E-state index is -0.929. The summed E-state index contributed by atoms with van der Waals surface area (Å²) in [6, 6.07) is 5.24. The Morgan fingerprint density at radius 2 is 1.50 bits per heavy atom. The summed E-state index contributed by atoms with van der Waals surface area (Å²) in [5, 5.41) is 34.5. The van der Waals surface area contributed by atoms with Gasteiger partial charge >= 0.3 is 0 Å². The van der Waals surface area contributed by atoms with Crippen LogP contribution in [0.3, 0.4) is 0 Å². The van der Waals surface area contributed by atoms with Crippen LogP contribution in [0.5, 0.6) is 0 Å². The summed E-state index contributed by atoms with van der Waals surface area (Å²) in [5.74, 6) is -1.82. The van der Waals surface area contributed by atoms with Crippen molar-refractivity contribution in [2.75, 3.05) is 5.32 Å². The molecule has 0 radical (unpaired) electrons. The third kappa shape index (κ3) is 4.11. The smallest absolute Gasteiger partial charge is 0.279 e. The van der Waals surface area contributed by atoms with Crippen molar-refractivity contribution in [2.24, 2.45) is 0 Å². The molecule has 11 nitrogen and oxygen atoms in total. The van der Waals surface area contributed by atoms with E-state index in [0.29, 0.717) is 6.07 Å². The number of nitro benzene ring substituents is 3. The van der Waals surface area contributed by atoms with E-state index in [1.54, 1.807) is 0 Å². The van der Waals surface area contributed by atoms with Gasteiger partial charge in [-0.1, -0.05) is 0 Å². The lowest BCUT2D eigenvalue weighted by atomic mass is 10.1. The van der Waals surface area contributed by atoms with Gasteiger partial charge in [0.1, 0.15) is 5.82 Å². The Bertz CT molecular complexity index is 932. The van der Waals surface area contributed by atoms with Crippen LogP contribution in [0.25, 0.3) is 0 Å². The van der Waals surface area contributed by atoms with E-state index in [-0.39, 0.29) is 5.56 Å². The number of rotatable bonds is 6. The number of amides is 1. The number of nitrogens with zero attached hydrogens (tertiary/aromatic N) is 3. The first-order valence-corrected chi connectivity index (χ1v) is 6.84. The first-order valence-electron chi connectivity index (χ1n) is 6.84. The van der Waals surface area contributed by atoms with Gasteiger partial charge in [0.15, 0.2) is 0 Å². The molecular formula is C14H9FN4O7. The Balaban J connectivity index is 2.25. The van der Waals surface area contributed by atoms with Crippen LogP contribution < -0.4 is 5.32 Å². The molecule has 0 saturated carbocycles. The molecule has 0 atom stereocenters. The molecule has 0 spiro atoms. The van der Waals surface area contributed by atoms with Gasteiger partial charge in [-0.3, -0.25) is 35.1 Å². The molecule has 2 aromatic rings. The largest absolute Gasteiger partial charge is 0.323 e. The maximum absolute atomic E-state index is 13.7. The maximum Gasteiger partial charge on any atom is 0.279 e. The van der Waals surface area contributed by atoms with Crippen LogP contribution in [-0.2, 0) is 11.2 Å². The molecule has 26 heavy (non-hydrogen) atoms. The molecule has 1 amide bonds. The van der Waals surface area contributed by atoms with Gasteiger partial charge in [0, 0.05) is 23.8 Å². The molecule has 0 fully saturated rings. The second-order valence-corrected chi connectivity index (χ2v) is 4.97. The fourth-order valence-corrected chi connectivity index (χ4v) is 2.08. The van der Waals surface area contributed by atoms with Crippen LogP contribution in [0.2, 0.25) is 0 Å². The average molecular weight is 364 g/mol. The van der Waals surface area contributed by atoms with Crippen molar-refractivity contribution in [3.63, 3.8) is 0 Å². The number of benzene rings is 2. The van der Waals surface area contributed by atoms with Crippen molar-refractivity contribution in [1.29, 1.82) is 0 Å². The number of anilines is 1. The first-order chi connectivity index (χ1) is 12.2. The molecule has 2 rings (SSSR count). The van der Waals surface area contributed by atoms with Crippen LogP contribution >= 0.6 is 0 Å². The average Bonchev–Trinajstić information content (AvgIpc) is 2.56. The lowest BCUT2D eigenvalue weighted by Crippen LogP contribution is -2.16. The molecule has 134 valence electrons. The first kappa shape index (κ1) is 18.4. The third-order valence-electron chi connectivity index (χ3n) is 3.26. The molecule has 0 heterocycles. The molecule has 0 unspecified atom stereocenters. The third-order valence-corrected chi connectivity index (χ3v) is 3.26. The predicted molar refractivity (Wildman–Crippen MR) is 85.1 cm³/mol. The van der Waals surface area contributed by atoms with E-state index in [2.05, 4.69) is 5.32 Å². The number of carbonyl (C=O) groups is 1. The Morgan fingerprint density at radius 3 is 2.08 bits per heavy atom. The Morgan fingerprint density at radius 1 is 0.923 bits per heavy atom. The van der Waals surface area contributed by atoms with Crippen LogP contribution in [-0.4, -0.2) is 20.7 Å². The molecule has 0 aliphatic rings. The summed E-state index contributed by atoms with van der Waals surface area (Å²) in [5.41, 5.74) is -2.22. The monoisotopic (exact) mass is 364 g/mol. The highest BCUT2D eigenvalue weighted by atomic mass is 19.1. The zero-order chi connectivity index (χ0) is 19.4. The fourth-order valence-electron chi connectivity index (χ4n) is 2.08. The summed E-state index contributed by atoms with van der Waals surface area (Å²) in [4.78, 5) is 41.9. The van der Waals surface area contributed by atoms with Crippen LogP contribution in [0, 0.1) is 36.2 Å². The minimum absolute atomic E-state index is 0.135. The highest BCUT2D eigenvalue weighted by Gasteiger charge is 2.22. The summed E-state index contributed by atoms with van der Waals surface area (Å²) in [6.45, 7) is 0. The van der Waals surface area contributed by atoms with Crippen LogP contribution in [0.15, 0.2) is 36.4 Å². The van der Waals surface area contributed by atoms with E-state index in [1.807, 2.05) is 0 Å². The second kappa shape index (κ2) is 7.29. The lowest BCUT2D eigenvalue weighted by molar-refractivity contribution is -0.394. The molecular weight excluding hydrogens is 355 g/mol. The maximum atomic E-state index is 13.7. The van der Waals surface area contributed by atoms with Crippen LogP contribution in [0.4, 0.5) is 27.1 Å². The normalized spacial score (nSPS) is 10.2. The predicted octanol–water partition coefficient (Wildman–Crippen LogP) is 2.73. The number of halogens is 1. The highest BCUT2D eigenvalue weighted by Crippen LogP contribution is 2.26. The van der Waals surface area contributed by atoms with Crippen molar-refractivity contribution in [1.82, 2.24) is 0 Å². The van der Waals surface area contributed by atoms with Crippen LogP contribution in [0.1, 0.15) is 5.56 Å². The van der Waals surface area contributed by atoms with E-state index in [1.165, 1.54) is 0 Å². The van der Waals surface area contributed by atoms with E-state index in [9.17, 15) is 39.5 Å². The van der Waals surface area contributed by atoms with Gasteiger partial charge in [-0.25, -0.2) is 4.39 Å². The summed E-state index contributed by atoms with van der Waals surface area (Å²) < 4.78 is 13.7. The Labute approximate surface area is 143 Å². The Kier molecular flexibility index (Phi) is 5.15. The minimum Gasteiger partial charge on any atom is -0.323 e. The van der Waals surface area contributed by atoms with E-state index >= 15 is 0 Å². The molecule has 1 N–H and O–H groups in total. The molecule has 0 aromatic heterocycles. The van der Waals surface area contributed by atoms with Crippen molar-refractivity contribution >= 4 is 28.7 Å². The fraction of sp³-hybridized carbons (Fsp3) is 0.0714. The van der Waals surface area contributed by atoms with Gasteiger partial charge in [0.05, 0.1) is 32.9 Å². The van der Waals surface area contributed by atoms with Gasteiger partial charge in [-0.15, -0.1) is 0 Å². The molecule has 12 heteroatoms. The zero-order valence-corrected chi connectivity index (χ0v) is 12.7. The molecule has 0 bridgehead atoms. The number of hydrogen-bond donors (Lipinski definition) is 1. The molecule has 2 aromatic carbocycles. The number of carbonyl (C=O) groups excluding carboxylic acids is 1. The number of hydrogen-bond acceptors (Lipinski definition) is 7. The summed E-state index contributed by atoms with van der Waals surface area (Å²) in [7, 11) is 0. The number of nitrogens with one attached hydrogen (secondary N) is 1. The van der Waals surface area contributed by atoms with Gasteiger partial charge < -0.3 is 5.32 Å². The second-order valence-electron chi connectivity index (χ2n) is 4.97. The highest BCUT2D eigenvalue weighted by molar-refractivity contribution is 5.93. The van der Waals surface area contributed by atoms with Gasteiger partial charge in [0.2, 0.25) is 5.91 Å².